The molecule has 0 aliphatic heterocycles. The second kappa shape index (κ2) is 5.76. The van der Waals surface area contributed by atoms with E-state index in [2.05, 4.69) is 71.4 Å². The van der Waals surface area contributed by atoms with Gasteiger partial charge in [0.05, 0.1) is 0 Å². The van der Waals surface area contributed by atoms with Crippen LogP contribution in [0.3, 0.4) is 0 Å². The molecule has 0 nitrogen and oxygen atoms in total. The molecular weight excluding hydrogens is 393 g/mol. The van der Waals surface area contributed by atoms with Gasteiger partial charge in [0, 0.05) is 50.1 Å². The first-order valence-corrected chi connectivity index (χ1v) is 11.7. The van der Waals surface area contributed by atoms with Crippen molar-refractivity contribution in [3.05, 3.63) is 69.0 Å². The topological polar surface area (TPSA) is 0 Å². The van der Waals surface area contributed by atoms with E-state index >= 15 is 0 Å². The summed E-state index contributed by atoms with van der Waals surface area (Å²) in [5.74, 6) is 0. The van der Waals surface area contributed by atoms with Gasteiger partial charge in [0.2, 0.25) is 0 Å². The van der Waals surface area contributed by atoms with Gasteiger partial charge in [0.15, 0.2) is 0 Å². The van der Waals surface area contributed by atoms with E-state index in [9.17, 15) is 0 Å². The summed E-state index contributed by atoms with van der Waals surface area (Å²) >= 11 is 7.37. The summed E-state index contributed by atoms with van der Waals surface area (Å²) in [5, 5.41) is 9.88. The SMILES string of the molecule is C(=C/c1cc2c(ccc3sccc32)s1)/c1cc2c(ccc3sccc32)s1. The number of thiophene rings is 4. The highest BCUT2D eigenvalue weighted by Gasteiger charge is 2.07. The van der Waals surface area contributed by atoms with Crippen LogP contribution in [0.5, 0.6) is 0 Å². The summed E-state index contributed by atoms with van der Waals surface area (Å²) in [4.78, 5) is 2.63. The Hall–Kier alpha value is -1.98. The highest BCUT2D eigenvalue weighted by Crippen LogP contribution is 2.37. The fourth-order valence-corrected chi connectivity index (χ4v) is 7.06. The highest BCUT2D eigenvalue weighted by molar-refractivity contribution is 7.22. The van der Waals surface area contributed by atoms with E-state index in [1.807, 2.05) is 45.3 Å². The summed E-state index contributed by atoms with van der Waals surface area (Å²) < 4.78 is 5.48. The molecule has 124 valence electrons. The summed E-state index contributed by atoms with van der Waals surface area (Å²) in [6.45, 7) is 0. The van der Waals surface area contributed by atoms with Crippen molar-refractivity contribution in [2.45, 2.75) is 0 Å². The zero-order valence-corrected chi connectivity index (χ0v) is 16.8. The Morgan fingerprint density at radius 2 is 0.962 bits per heavy atom. The fraction of sp³-hybridized carbons (Fsp3) is 0. The Morgan fingerprint density at radius 1 is 0.500 bits per heavy atom. The van der Waals surface area contributed by atoms with Gasteiger partial charge in [0.25, 0.3) is 0 Å². The van der Waals surface area contributed by atoms with Crippen molar-refractivity contribution in [1.29, 1.82) is 0 Å². The van der Waals surface area contributed by atoms with Crippen LogP contribution < -0.4 is 0 Å². The van der Waals surface area contributed by atoms with Gasteiger partial charge in [-0.3, -0.25) is 0 Å². The lowest BCUT2D eigenvalue weighted by Crippen LogP contribution is -1.64. The minimum absolute atomic E-state index is 1.32. The quantitative estimate of drug-likeness (QED) is 0.271. The molecule has 0 N–H and O–H groups in total. The third kappa shape index (κ3) is 2.30. The van der Waals surface area contributed by atoms with Gasteiger partial charge in [-0.2, -0.15) is 0 Å². The van der Waals surface area contributed by atoms with Gasteiger partial charge in [-0.1, -0.05) is 0 Å². The van der Waals surface area contributed by atoms with Crippen LogP contribution in [0, 0.1) is 0 Å². The van der Waals surface area contributed by atoms with E-state index in [0.29, 0.717) is 0 Å². The van der Waals surface area contributed by atoms with Crippen molar-refractivity contribution in [2.75, 3.05) is 0 Å². The molecule has 0 saturated carbocycles. The predicted octanol–water partition coefficient (Wildman–Crippen LogP) is 8.72. The lowest BCUT2D eigenvalue weighted by atomic mass is 10.1. The molecule has 0 saturated heterocycles. The maximum atomic E-state index is 2.33. The van der Waals surface area contributed by atoms with Crippen molar-refractivity contribution in [3.63, 3.8) is 0 Å². The van der Waals surface area contributed by atoms with Crippen LogP contribution in [-0.4, -0.2) is 0 Å². The molecule has 0 atom stereocenters. The zero-order chi connectivity index (χ0) is 17.1. The molecule has 4 heteroatoms. The van der Waals surface area contributed by atoms with Gasteiger partial charge < -0.3 is 0 Å². The number of hydrogen-bond acceptors (Lipinski definition) is 4. The predicted molar refractivity (Wildman–Crippen MR) is 123 cm³/mol. The first kappa shape index (κ1) is 15.1. The minimum Gasteiger partial charge on any atom is -0.144 e. The van der Waals surface area contributed by atoms with E-state index in [-0.39, 0.29) is 0 Å². The van der Waals surface area contributed by atoms with Crippen LogP contribution in [0.25, 0.3) is 52.5 Å². The Balaban J connectivity index is 1.44. The summed E-state index contributed by atoms with van der Waals surface area (Å²) in [7, 11) is 0. The van der Waals surface area contributed by atoms with Crippen LogP contribution in [0.4, 0.5) is 0 Å². The molecular formula is C22H12S4. The molecule has 4 heterocycles. The Morgan fingerprint density at radius 3 is 1.46 bits per heavy atom. The molecule has 0 aliphatic rings. The van der Waals surface area contributed by atoms with Gasteiger partial charge >= 0.3 is 0 Å². The molecule has 0 radical (unpaired) electrons. The fourth-order valence-electron chi connectivity index (χ4n) is 3.49. The highest BCUT2D eigenvalue weighted by atomic mass is 32.1. The van der Waals surface area contributed by atoms with Crippen LogP contribution in [0.1, 0.15) is 9.75 Å². The van der Waals surface area contributed by atoms with Crippen LogP contribution in [0.2, 0.25) is 0 Å². The molecule has 6 rings (SSSR count). The van der Waals surface area contributed by atoms with E-state index in [4.69, 9.17) is 0 Å². The maximum Gasteiger partial charge on any atom is 0.0356 e. The molecule has 0 spiro atoms. The number of fused-ring (bicyclic) bond motifs is 6. The van der Waals surface area contributed by atoms with Crippen LogP contribution in [-0.2, 0) is 0 Å². The van der Waals surface area contributed by atoms with Gasteiger partial charge in [-0.05, 0) is 71.4 Å². The Bertz CT molecular complexity index is 1320. The molecule has 0 amide bonds. The average Bonchev–Trinajstić information content (AvgIpc) is 3.43. The molecule has 0 aliphatic carbocycles. The minimum atomic E-state index is 1.32. The van der Waals surface area contributed by atoms with Crippen molar-refractivity contribution < 1.29 is 0 Å². The van der Waals surface area contributed by atoms with Crippen molar-refractivity contribution in [1.82, 2.24) is 0 Å². The number of hydrogen-bond donors (Lipinski definition) is 0. The molecule has 0 unspecified atom stereocenters. The Labute approximate surface area is 166 Å². The molecule has 4 aromatic heterocycles. The largest absolute Gasteiger partial charge is 0.144 e. The monoisotopic (exact) mass is 404 g/mol. The lowest BCUT2D eigenvalue weighted by molar-refractivity contribution is 1.99. The van der Waals surface area contributed by atoms with Gasteiger partial charge in [-0.25, -0.2) is 0 Å². The molecule has 2 aromatic carbocycles. The lowest BCUT2D eigenvalue weighted by Gasteiger charge is -1.90. The molecule has 0 bridgehead atoms. The third-order valence-electron chi connectivity index (χ3n) is 4.71. The number of rotatable bonds is 2. The van der Waals surface area contributed by atoms with Crippen molar-refractivity contribution in [3.8, 4) is 0 Å². The normalized spacial score (nSPS) is 12.5. The second-order valence-corrected chi connectivity index (χ2v) is 10.4. The maximum absolute atomic E-state index is 2.33. The van der Waals surface area contributed by atoms with Gasteiger partial charge in [-0.15, -0.1) is 45.3 Å². The Kier molecular flexibility index (Phi) is 3.35. The van der Waals surface area contributed by atoms with E-state index < -0.39 is 0 Å². The smallest absolute Gasteiger partial charge is 0.0356 e. The van der Waals surface area contributed by atoms with Crippen molar-refractivity contribution >= 4 is 97.8 Å². The summed E-state index contributed by atoms with van der Waals surface area (Å²) in [6, 6.07) is 18.1. The third-order valence-corrected chi connectivity index (χ3v) is 8.61. The van der Waals surface area contributed by atoms with E-state index in [1.165, 1.54) is 50.1 Å². The van der Waals surface area contributed by atoms with E-state index in [0.717, 1.165) is 0 Å². The summed E-state index contributed by atoms with van der Waals surface area (Å²) in [5.41, 5.74) is 0. The van der Waals surface area contributed by atoms with Gasteiger partial charge in [0.1, 0.15) is 0 Å². The van der Waals surface area contributed by atoms with Crippen molar-refractivity contribution in [2.24, 2.45) is 0 Å². The average molecular weight is 405 g/mol. The van der Waals surface area contributed by atoms with Crippen LogP contribution >= 0.6 is 45.3 Å². The zero-order valence-electron chi connectivity index (χ0n) is 13.6. The first-order valence-electron chi connectivity index (χ1n) is 8.33. The van der Waals surface area contributed by atoms with E-state index in [1.54, 1.807) is 0 Å². The number of benzene rings is 2. The second-order valence-electron chi connectivity index (χ2n) is 6.25. The van der Waals surface area contributed by atoms with Crippen LogP contribution in [0.15, 0.2) is 59.3 Å². The molecule has 6 aromatic rings. The summed E-state index contributed by atoms with van der Waals surface area (Å²) in [6.07, 6.45) is 4.52. The first-order chi connectivity index (χ1) is 12.8. The molecule has 26 heavy (non-hydrogen) atoms. The molecule has 0 fully saturated rings. The standard InChI is InChI=1S/C22H12S4/c1(13-11-17-15-7-9-23-19(15)3-5-21(17)25-13)2-14-12-18-16-8-10-24-20(16)4-6-22(18)26-14/h1-12H/b2-1-.